The Balaban J connectivity index is 1.83. The molecule has 1 unspecified atom stereocenters. The number of ether oxygens (including phenoxy) is 1. The van der Waals surface area contributed by atoms with Crippen molar-refractivity contribution in [1.82, 2.24) is 9.80 Å². The van der Waals surface area contributed by atoms with Gasteiger partial charge in [0, 0.05) is 32.7 Å². The summed E-state index contributed by atoms with van der Waals surface area (Å²) in [7, 11) is 0. The van der Waals surface area contributed by atoms with Crippen LogP contribution in [0.5, 0.6) is 0 Å². The lowest BCUT2D eigenvalue weighted by Crippen LogP contribution is -2.44. The topological polar surface area (TPSA) is 71.2 Å². The van der Waals surface area contributed by atoms with Gasteiger partial charge >= 0.3 is 6.09 Å². The second-order valence-corrected chi connectivity index (χ2v) is 8.03. The molecule has 2 heterocycles. The second kappa shape index (κ2) is 8.58. The number of carbonyl (C=O) groups excluding carboxylic acids is 1. The van der Waals surface area contributed by atoms with Crippen molar-refractivity contribution >= 4 is 12.1 Å². The first kappa shape index (κ1) is 18.9. The van der Waals surface area contributed by atoms with Gasteiger partial charge in [0.05, 0.1) is 0 Å². The second-order valence-electron chi connectivity index (χ2n) is 8.03. The summed E-state index contributed by atoms with van der Waals surface area (Å²) in [5.41, 5.74) is 5.74. The van der Waals surface area contributed by atoms with E-state index in [0.29, 0.717) is 25.0 Å². The number of carbonyl (C=O) groups is 1. The Morgan fingerprint density at radius 3 is 2.33 bits per heavy atom. The van der Waals surface area contributed by atoms with Crippen LogP contribution in [0.3, 0.4) is 0 Å². The number of aliphatic imine (C=N–C) groups is 1. The quantitative estimate of drug-likeness (QED) is 0.621. The molecule has 6 nitrogen and oxygen atoms in total. The van der Waals surface area contributed by atoms with E-state index in [2.05, 4.69) is 9.89 Å². The van der Waals surface area contributed by atoms with Gasteiger partial charge in [0.25, 0.3) is 0 Å². The molecule has 0 aromatic heterocycles. The highest BCUT2D eigenvalue weighted by Crippen LogP contribution is 2.20. The Kier molecular flexibility index (Phi) is 6.75. The summed E-state index contributed by atoms with van der Waals surface area (Å²) in [6.07, 6.45) is 6.86. The van der Waals surface area contributed by atoms with E-state index < -0.39 is 5.60 Å². The largest absolute Gasteiger partial charge is 0.444 e. The fraction of sp³-hybridized carbons (Fsp3) is 0.889. The molecule has 0 saturated carbocycles. The maximum atomic E-state index is 12.2. The zero-order valence-electron chi connectivity index (χ0n) is 15.6. The third-order valence-electron chi connectivity index (χ3n) is 4.61. The summed E-state index contributed by atoms with van der Waals surface area (Å²) in [6.45, 7) is 9.92. The molecule has 6 heteroatoms. The maximum absolute atomic E-state index is 12.2. The summed E-state index contributed by atoms with van der Waals surface area (Å²) >= 11 is 0. The lowest BCUT2D eigenvalue weighted by Gasteiger charge is -2.33. The van der Waals surface area contributed by atoms with Gasteiger partial charge in [0.15, 0.2) is 5.96 Å². The lowest BCUT2D eigenvalue weighted by molar-refractivity contribution is 0.0170. The number of piperidine rings is 1. The first-order valence-corrected chi connectivity index (χ1v) is 9.38. The van der Waals surface area contributed by atoms with Crippen LogP contribution in [0.25, 0.3) is 0 Å². The van der Waals surface area contributed by atoms with Gasteiger partial charge in [-0.1, -0.05) is 12.8 Å². The number of nitrogens with two attached hydrogens (primary N) is 1. The Hall–Kier alpha value is -1.46. The molecule has 0 aliphatic carbocycles. The molecule has 138 valence electrons. The average molecular weight is 338 g/mol. The number of nitrogens with zero attached hydrogens (tertiary/aromatic N) is 3. The molecule has 2 aliphatic rings. The molecule has 24 heavy (non-hydrogen) atoms. The lowest BCUT2D eigenvalue weighted by atomic mass is 9.98. The Bertz CT molecular complexity index is 437. The van der Waals surface area contributed by atoms with E-state index in [-0.39, 0.29) is 6.09 Å². The molecule has 1 amide bonds. The third kappa shape index (κ3) is 6.21. The fourth-order valence-corrected chi connectivity index (χ4v) is 3.33. The SMILES string of the molecule is CC(C)(C)OC(=O)N1CCCC(CN=C(N)N2CCCCCC2)C1. The van der Waals surface area contributed by atoms with Gasteiger partial charge in [-0.05, 0) is 52.4 Å². The van der Waals surface area contributed by atoms with Crippen LogP contribution in [0.2, 0.25) is 0 Å². The van der Waals surface area contributed by atoms with E-state index >= 15 is 0 Å². The third-order valence-corrected chi connectivity index (χ3v) is 4.61. The number of likely N-dealkylation sites (tertiary alicyclic amines) is 2. The van der Waals surface area contributed by atoms with E-state index in [1.54, 1.807) is 0 Å². The molecule has 0 radical (unpaired) electrons. The molecule has 0 aromatic rings. The van der Waals surface area contributed by atoms with Crippen LogP contribution in [-0.4, -0.2) is 60.2 Å². The zero-order chi connectivity index (χ0) is 17.6. The van der Waals surface area contributed by atoms with Crippen LogP contribution < -0.4 is 5.73 Å². The Labute approximate surface area is 146 Å². The molecule has 0 aromatic carbocycles. The van der Waals surface area contributed by atoms with Crippen molar-refractivity contribution in [2.24, 2.45) is 16.6 Å². The van der Waals surface area contributed by atoms with E-state index in [0.717, 1.165) is 32.5 Å². The molecule has 2 fully saturated rings. The molecule has 2 rings (SSSR count). The van der Waals surface area contributed by atoms with Crippen LogP contribution in [-0.2, 0) is 4.74 Å². The molecule has 1 atom stereocenters. The molecule has 2 saturated heterocycles. The molecule has 0 bridgehead atoms. The van der Waals surface area contributed by atoms with Gasteiger partial charge in [0.2, 0.25) is 0 Å². The standard InChI is InChI=1S/C18H34N4O2/c1-18(2,3)24-17(23)22-12-8-9-15(14-22)13-20-16(19)21-10-6-4-5-7-11-21/h15H,4-14H2,1-3H3,(H2,19,20). The van der Waals surface area contributed by atoms with E-state index in [4.69, 9.17) is 10.5 Å². The molecule has 0 spiro atoms. The highest BCUT2D eigenvalue weighted by atomic mass is 16.6. The van der Waals surface area contributed by atoms with Gasteiger partial charge in [-0.2, -0.15) is 0 Å². The van der Waals surface area contributed by atoms with Crippen LogP contribution in [0.4, 0.5) is 4.79 Å². The van der Waals surface area contributed by atoms with Gasteiger partial charge in [-0.3, -0.25) is 4.99 Å². The predicted molar refractivity (Wildman–Crippen MR) is 97.1 cm³/mol. The first-order valence-electron chi connectivity index (χ1n) is 9.38. The summed E-state index contributed by atoms with van der Waals surface area (Å²) < 4.78 is 5.48. The van der Waals surface area contributed by atoms with Gasteiger partial charge < -0.3 is 20.3 Å². The predicted octanol–water partition coefficient (Wildman–Crippen LogP) is 2.82. The molecular formula is C18H34N4O2. The van der Waals surface area contributed by atoms with Crippen LogP contribution in [0.15, 0.2) is 4.99 Å². The molecule has 2 N–H and O–H groups in total. The van der Waals surface area contributed by atoms with Crippen molar-refractivity contribution in [3.8, 4) is 0 Å². The number of amides is 1. The van der Waals surface area contributed by atoms with Crippen molar-refractivity contribution < 1.29 is 9.53 Å². The van der Waals surface area contributed by atoms with Crippen LogP contribution in [0, 0.1) is 5.92 Å². The minimum atomic E-state index is -0.445. The number of hydrogen-bond acceptors (Lipinski definition) is 3. The average Bonchev–Trinajstić information content (AvgIpc) is 2.80. The van der Waals surface area contributed by atoms with Gasteiger partial charge in [-0.25, -0.2) is 4.79 Å². The van der Waals surface area contributed by atoms with Crippen molar-refractivity contribution in [2.45, 2.75) is 64.9 Å². The maximum Gasteiger partial charge on any atom is 0.410 e. The first-order chi connectivity index (χ1) is 11.3. The Morgan fingerprint density at radius 1 is 1.08 bits per heavy atom. The van der Waals surface area contributed by atoms with Gasteiger partial charge in [-0.15, -0.1) is 0 Å². The van der Waals surface area contributed by atoms with Crippen LogP contribution >= 0.6 is 0 Å². The Morgan fingerprint density at radius 2 is 1.71 bits per heavy atom. The van der Waals surface area contributed by atoms with E-state index in [9.17, 15) is 4.79 Å². The molecule has 2 aliphatic heterocycles. The van der Waals surface area contributed by atoms with E-state index in [1.165, 1.54) is 25.7 Å². The van der Waals surface area contributed by atoms with Crippen molar-refractivity contribution in [3.05, 3.63) is 0 Å². The van der Waals surface area contributed by atoms with Crippen molar-refractivity contribution in [1.29, 1.82) is 0 Å². The highest BCUT2D eigenvalue weighted by Gasteiger charge is 2.27. The normalized spacial score (nSPS) is 23.8. The fourth-order valence-electron chi connectivity index (χ4n) is 3.33. The highest BCUT2D eigenvalue weighted by molar-refractivity contribution is 5.78. The summed E-state index contributed by atoms with van der Waals surface area (Å²) in [6, 6.07) is 0. The monoisotopic (exact) mass is 338 g/mol. The number of guanidine groups is 1. The summed E-state index contributed by atoms with van der Waals surface area (Å²) in [5, 5.41) is 0. The van der Waals surface area contributed by atoms with E-state index in [1.807, 2.05) is 25.7 Å². The smallest absolute Gasteiger partial charge is 0.410 e. The summed E-state index contributed by atoms with van der Waals surface area (Å²) in [4.78, 5) is 20.9. The molecular weight excluding hydrogens is 304 g/mol. The number of hydrogen-bond donors (Lipinski definition) is 1. The van der Waals surface area contributed by atoms with Gasteiger partial charge in [0.1, 0.15) is 5.60 Å². The zero-order valence-corrected chi connectivity index (χ0v) is 15.6. The minimum Gasteiger partial charge on any atom is -0.444 e. The number of rotatable bonds is 2. The minimum absolute atomic E-state index is 0.211. The summed E-state index contributed by atoms with van der Waals surface area (Å²) in [5.74, 6) is 1.04. The van der Waals surface area contributed by atoms with Crippen LogP contribution in [0.1, 0.15) is 59.3 Å². The van der Waals surface area contributed by atoms with Crippen molar-refractivity contribution in [3.63, 3.8) is 0 Å². The van der Waals surface area contributed by atoms with Crippen molar-refractivity contribution in [2.75, 3.05) is 32.7 Å².